The number of rotatable bonds is 3. The van der Waals surface area contributed by atoms with Crippen molar-refractivity contribution in [1.29, 1.82) is 0 Å². The minimum atomic E-state index is -0.847. The number of carboxylic acids is 1. The molecular formula is C15H16N2O3. The number of aromatic nitrogens is 2. The molecule has 1 aromatic carbocycles. The fourth-order valence-electron chi connectivity index (χ4n) is 2.96. The number of nitrogens with zero attached hydrogens (tertiary/aromatic N) is 1. The van der Waals surface area contributed by atoms with Crippen LogP contribution in [0.2, 0.25) is 0 Å². The zero-order chi connectivity index (χ0) is 14.3. The third-order valence-electron chi connectivity index (χ3n) is 4.24. The standard InChI is InChI=1S/C15H16N2O3/c1-10-9-16-14(20)17(10)12-6-3-2-5-11(12)15(13(18)19)7-4-8-15/h2-3,5-6,9H,4,7-8H2,1H3,(H,16,20)(H,18,19). The van der Waals surface area contributed by atoms with Crippen molar-refractivity contribution in [1.82, 2.24) is 9.55 Å². The third-order valence-corrected chi connectivity index (χ3v) is 4.24. The first-order valence-electron chi connectivity index (χ1n) is 6.66. The summed E-state index contributed by atoms with van der Waals surface area (Å²) in [5.74, 6) is -0.808. The monoisotopic (exact) mass is 272 g/mol. The maximum Gasteiger partial charge on any atom is 0.330 e. The second-order valence-corrected chi connectivity index (χ2v) is 5.33. The molecule has 0 amide bonds. The highest BCUT2D eigenvalue weighted by Crippen LogP contribution is 2.46. The zero-order valence-electron chi connectivity index (χ0n) is 11.2. The van der Waals surface area contributed by atoms with Gasteiger partial charge in [-0.05, 0) is 31.4 Å². The Labute approximate surface area is 115 Å². The molecule has 0 bridgehead atoms. The van der Waals surface area contributed by atoms with E-state index in [2.05, 4.69) is 4.98 Å². The molecule has 0 saturated heterocycles. The van der Waals surface area contributed by atoms with Crippen LogP contribution in [-0.2, 0) is 10.2 Å². The lowest BCUT2D eigenvalue weighted by molar-refractivity contribution is -0.147. The number of imidazole rings is 1. The summed E-state index contributed by atoms with van der Waals surface area (Å²) in [4.78, 5) is 26.3. The van der Waals surface area contributed by atoms with Crippen LogP contribution >= 0.6 is 0 Å². The van der Waals surface area contributed by atoms with E-state index in [4.69, 9.17) is 0 Å². The number of hydrogen-bond donors (Lipinski definition) is 2. The first kappa shape index (κ1) is 12.7. The van der Waals surface area contributed by atoms with Gasteiger partial charge in [0.1, 0.15) is 0 Å². The Balaban J connectivity index is 2.25. The van der Waals surface area contributed by atoms with Crippen molar-refractivity contribution in [3.05, 3.63) is 52.2 Å². The molecular weight excluding hydrogens is 256 g/mol. The molecule has 0 aliphatic heterocycles. The van der Waals surface area contributed by atoms with Crippen LogP contribution in [0, 0.1) is 6.92 Å². The van der Waals surface area contributed by atoms with E-state index < -0.39 is 11.4 Å². The number of hydrogen-bond acceptors (Lipinski definition) is 2. The van der Waals surface area contributed by atoms with Crippen molar-refractivity contribution >= 4 is 5.97 Å². The molecule has 5 nitrogen and oxygen atoms in total. The van der Waals surface area contributed by atoms with E-state index in [9.17, 15) is 14.7 Å². The Bertz CT molecular complexity index is 723. The Hall–Kier alpha value is -2.30. The lowest BCUT2D eigenvalue weighted by atomic mass is 9.64. The number of aromatic amines is 1. The van der Waals surface area contributed by atoms with E-state index in [-0.39, 0.29) is 5.69 Å². The molecule has 1 fully saturated rings. The van der Waals surface area contributed by atoms with Gasteiger partial charge in [-0.15, -0.1) is 0 Å². The normalized spacial score (nSPS) is 16.6. The highest BCUT2D eigenvalue weighted by molar-refractivity contribution is 5.84. The average molecular weight is 272 g/mol. The van der Waals surface area contributed by atoms with Crippen LogP contribution in [0.4, 0.5) is 0 Å². The lowest BCUT2D eigenvalue weighted by Gasteiger charge is -2.39. The Morgan fingerprint density at radius 2 is 2.05 bits per heavy atom. The van der Waals surface area contributed by atoms with Gasteiger partial charge in [0.25, 0.3) is 0 Å². The summed E-state index contributed by atoms with van der Waals surface area (Å²) in [6.45, 7) is 1.82. The highest BCUT2D eigenvalue weighted by atomic mass is 16.4. The summed E-state index contributed by atoms with van der Waals surface area (Å²) in [5, 5.41) is 9.60. The van der Waals surface area contributed by atoms with Crippen LogP contribution in [0.15, 0.2) is 35.3 Å². The molecule has 1 aliphatic carbocycles. The second kappa shape index (κ2) is 4.37. The van der Waals surface area contributed by atoms with E-state index in [1.54, 1.807) is 16.8 Å². The molecule has 1 aliphatic rings. The largest absolute Gasteiger partial charge is 0.481 e. The van der Waals surface area contributed by atoms with Crippen LogP contribution in [0.5, 0.6) is 0 Å². The molecule has 5 heteroatoms. The van der Waals surface area contributed by atoms with Gasteiger partial charge < -0.3 is 10.1 Å². The molecule has 3 rings (SSSR count). The van der Waals surface area contributed by atoms with Crippen LogP contribution < -0.4 is 5.69 Å². The summed E-state index contributed by atoms with van der Waals surface area (Å²) >= 11 is 0. The molecule has 20 heavy (non-hydrogen) atoms. The van der Waals surface area contributed by atoms with Gasteiger partial charge in [0.15, 0.2) is 0 Å². The summed E-state index contributed by atoms with van der Waals surface area (Å²) in [7, 11) is 0. The fourth-order valence-corrected chi connectivity index (χ4v) is 2.96. The molecule has 2 N–H and O–H groups in total. The Morgan fingerprint density at radius 1 is 1.35 bits per heavy atom. The van der Waals surface area contributed by atoms with Crippen molar-refractivity contribution < 1.29 is 9.90 Å². The first-order chi connectivity index (χ1) is 9.56. The second-order valence-electron chi connectivity index (χ2n) is 5.33. The summed E-state index contributed by atoms with van der Waals surface area (Å²) < 4.78 is 1.54. The van der Waals surface area contributed by atoms with Crippen LogP contribution in [0.1, 0.15) is 30.5 Å². The molecule has 1 aromatic heterocycles. The zero-order valence-corrected chi connectivity index (χ0v) is 11.2. The highest BCUT2D eigenvalue weighted by Gasteiger charge is 2.47. The van der Waals surface area contributed by atoms with E-state index >= 15 is 0 Å². The number of nitrogens with one attached hydrogen (secondary N) is 1. The predicted octanol–water partition coefficient (Wildman–Crippen LogP) is 1.98. The molecule has 104 valence electrons. The van der Waals surface area contributed by atoms with Crippen molar-refractivity contribution in [3.8, 4) is 5.69 Å². The van der Waals surface area contributed by atoms with E-state index in [1.165, 1.54) is 0 Å². The molecule has 0 unspecified atom stereocenters. The van der Waals surface area contributed by atoms with E-state index in [1.807, 2.05) is 25.1 Å². The Morgan fingerprint density at radius 3 is 2.55 bits per heavy atom. The van der Waals surface area contributed by atoms with Gasteiger partial charge in [-0.25, -0.2) is 4.79 Å². The van der Waals surface area contributed by atoms with Gasteiger partial charge in [0.05, 0.1) is 11.1 Å². The first-order valence-corrected chi connectivity index (χ1v) is 6.66. The van der Waals surface area contributed by atoms with Gasteiger partial charge in [-0.1, -0.05) is 24.6 Å². The maximum atomic E-state index is 12.0. The predicted molar refractivity (Wildman–Crippen MR) is 74.3 cm³/mol. The van der Waals surface area contributed by atoms with Crippen molar-refractivity contribution in [3.63, 3.8) is 0 Å². The smallest absolute Gasteiger partial charge is 0.330 e. The van der Waals surface area contributed by atoms with Crippen molar-refractivity contribution in [2.24, 2.45) is 0 Å². The number of H-pyrrole nitrogens is 1. The Kier molecular flexibility index (Phi) is 2.78. The number of aryl methyl sites for hydroxylation is 1. The lowest BCUT2D eigenvalue weighted by Crippen LogP contribution is -2.43. The summed E-state index contributed by atoms with van der Waals surface area (Å²) in [6.07, 6.45) is 3.78. The van der Waals surface area contributed by atoms with Crippen LogP contribution in [0.25, 0.3) is 5.69 Å². The molecule has 0 radical (unpaired) electrons. The van der Waals surface area contributed by atoms with Gasteiger partial charge in [-0.3, -0.25) is 9.36 Å². The van der Waals surface area contributed by atoms with Gasteiger partial charge in [-0.2, -0.15) is 0 Å². The number of para-hydroxylation sites is 1. The SMILES string of the molecule is Cc1c[nH]c(=O)n1-c1ccccc1C1(C(=O)O)CCC1. The molecule has 2 aromatic rings. The van der Waals surface area contributed by atoms with Gasteiger partial charge >= 0.3 is 11.7 Å². The van der Waals surface area contributed by atoms with E-state index in [0.29, 0.717) is 18.5 Å². The number of aliphatic carboxylic acids is 1. The molecule has 1 saturated carbocycles. The van der Waals surface area contributed by atoms with Crippen molar-refractivity contribution in [2.45, 2.75) is 31.6 Å². The average Bonchev–Trinajstić information content (AvgIpc) is 2.68. The number of benzene rings is 1. The molecule has 1 heterocycles. The molecule has 0 spiro atoms. The van der Waals surface area contributed by atoms with Crippen molar-refractivity contribution in [2.75, 3.05) is 0 Å². The number of carboxylic acid groups (broad SMARTS) is 1. The van der Waals surface area contributed by atoms with E-state index in [0.717, 1.165) is 17.7 Å². The van der Waals surface area contributed by atoms with Crippen LogP contribution in [-0.4, -0.2) is 20.6 Å². The maximum absolute atomic E-state index is 12.0. The summed E-state index contributed by atoms with van der Waals surface area (Å²) in [6, 6.07) is 7.28. The minimum Gasteiger partial charge on any atom is -0.481 e. The fraction of sp³-hybridized carbons (Fsp3) is 0.333. The topological polar surface area (TPSA) is 75.1 Å². The number of carbonyl (C=O) groups is 1. The van der Waals surface area contributed by atoms with Crippen LogP contribution in [0.3, 0.4) is 0 Å². The van der Waals surface area contributed by atoms with Gasteiger partial charge in [0, 0.05) is 11.9 Å². The third kappa shape index (κ3) is 1.62. The quantitative estimate of drug-likeness (QED) is 0.897. The van der Waals surface area contributed by atoms with Gasteiger partial charge in [0.2, 0.25) is 0 Å². The summed E-state index contributed by atoms with van der Waals surface area (Å²) in [5.41, 5.74) is 1.07. The minimum absolute atomic E-state index is 0.241. The molecule has 0 atom stereocenters.